The van der Waals surface area contributed by atoms with Crippen molar-refractivity contribution < 1.29 is 0 Å². The third kappa shape index (κ3) is 2.01. The van der Waals surface area contributed by atoms with E-state index in [0.29, 0.717) is 10.6 Å². The highest BCUT2D eigenvalue weighted by Crippen LogP contribution is 2.61. The highest BCUT2D eigenvalue weighted by Gasteiger charge is 2.48. The lowest BCUT2D eigenvalue weighted by Gasteiger charge is -2.45. The van der Waals surface area contributed by atoms with Crippen LogP contribution in [0.1, 0.15) is 59.3 Å². The second-order valence-corrected chi connectivity index (χ2v) is 7.96. The van der Waals surface area contributed by atoms with Crippen LogP contribution in [0.4, 0.5) is 0 Å². The Kier molecular flexibility index (Phi) is 2.56. The molecule has 0 atom stereocenters. The van der Waals surface area contributed by atoms with Gasteiger partial charge in [0.1, 0.15) is 0 Å². The van der Waals surface area contributed by atoms with Crippen molar-refractivity contribution in [3.05, 3.63) is 0 Å². The summed E-state index contributed by atoms with van der Waals surface area (Å²) in [6.45, 7) is 7.22. The van der Waals surface area contributed by atoms with Crippen LogP contribution in [-0.2, 0) is 0 Å². The van der Waals surface area contributed by atoms with Gasteiger partial charge in [-0.15, -0.1) is 0 Å². The van der Waals surface area contributed by atoms with E-state index >= 15 is 0 Å². The standard InChI is InChI=1S/C13H26B2/c1-11(2,3)13(14,15)9-12-6-4-10(8-12)5-7-12/h10H,4-9,14-15H2,1-3H3. The molecule has 0 N–H and O–H groups in total. The van der Waals surface area contributed by atoms with Crippen LogP contribution in [0.3, 0.4) is 0 Å². The Hall–Kier alpha value is 0.130. The van der Waals surface area contributed by atoms with E-state index < -0.39 is 0 Å². The third-order valence-corrected chi connectivity index (χ3v) is 5.73. The molecule has 0 aromatic rings. The van der Waals surface area contributed by atoms with Gasteiger partial charge in [-0.25, -0.2) is 0 Å². The van der Waals surface area contributed by atoms with Crippen LogP contribution in [0, 0.1) is 16.7 Å². The summed E-state index contributed by atoms with van der Waals surface area (Å²) in [5, 5.41) is 0.492. The highest BCUT2D eigenvalue weighted by atomic mass is 14.5. The minimum Gasteiger partial charge on any atom is -0.0793 e. The topological polar surface area (TPSA) is 0 Å². The minimum atomic E-state index is 0.447. The second-order valence-electron chi connectivity index (χ2n) is 7.96. The number of rotatable bonds is 2. The van der Waals surface area contributed by atoms with Gasteiger partial charge in [0.05, 0.1) is 15.7 Å². The van der Waals surface area contributed by atoms with Gasteiger partial charge in [-0.2, -0.15) is 0 Å². The van der Waals surface area contributed by atoms with Gasteiger partial charge < -0.3 is 0 Å². The predicted molar refractivity (Wildman–Crippen MR) is 72.9 cm³/mol. The average Bonchev–Trinajstić information content (AvgIpc) is 2.59. The maximum Gasteiger partial charge on any atom is 0.0999 e. The van der Waals surface area contributed by atoms with Crippen molar-refractivity contribution in [2.75, 3.05) is 0 Å². The van der Waals surface area contributed by atoms with Gasteiger partial charge in [0.2, 0.25) is 0 Å². The molecule has 2 aliphatic rings. The van der Waals surface area contributed by atoms with E-state index in [1.54, 1.807) is 6.42 Å². The molecule has 0 amide bonds. The first-order chi connectivity index (χ1) is 6.74. The molecule has 0 aromatic carbocycles. The average molecular weight is 204 g/mol. The van der Waals surface area contributed by atoms with Crippen molar-refractivity contribution in [2.24, 2.45) is 16.7 Å². The normalized spacial score (nSPS) is 36.1. The first-order valence-electron chi connectivity index (χ1n) is 6.74. The largest absolute Gasteiger partial charge is 0.0999 e. The summed E-state index contributed by atoms with van der Waals surface area (Å²) in [4.78, 5) is 0. The highest BCUT2D eigenvalue weighted by molar-refractivity contribution is 6.40. The summed E-state index contributed by atoms with van der Waals surface area (Å²) in [5.41, 5.74) is 1.20. The Morgan fingerprint density at radius 1 is 1.13 bits per heavy atom. The van der Waals surface area contributed by atoms with E-state index in [4.69, 9.17) is 0 Å². The zero-order valence-corrected chi connectivity index (χ0v) is 11.3. The van der Waals surface area contributed by atoms with Crippen LogP contribution < -0.4 is 0 Å². The fourth-order valence-electron chi connectivity index (χ4n) is 3.76. The van der Waals surface area contributed by atoms with E-state index in [-0.39, 0.29) is 0 Å². The van der Waals surface area contributed by atoms with Crippen LogP contribution >= 0.6 is 0 Å². The molecule has 0 aliphatic heterocycles. The number of hydrogen-bond donors (Lipinski definition) is 0. The molecule has 0 unspecified atom stereocenters. The quantitative estimate of drug-likeness (QED) is 0.605. The maximum absolute atomic E-state index is 2.48. The van der Waals surface area contributed by atoms with E-state index in [1.807, 2.05) is 0 Å². The summed E-state index contributed by atoms with van der Waals surface area (Å²) in [5.74, 6) is 1.10. The van der Waals surface area contributed by atoms with Gasteiger partial charge in [0, 0.05) is 0 Å². The zero-order valence-electron chi connectivity index (χ0n) is 11.3. The second kappa shape index (κ2) is 3.31. The molecule has 0 spiro atoms. The van der Waals surface area contributed by atoms with Crippen LogP contribution in [0.2, 0.25) is 5.21 Å². The SMILES string of the molecule is BC(B)(CC12CCC(CC1)C2)C(C)(C)C. The maximum atomic E-state index is 2.48. The Balaban J connectivity index is 2.08. The summed E-state index contributed by atoms with van der Waals surface area (Å²) >= 11 is 0. The molecule has 0 radical (unpaired) electrons. The molecule has 2 fully saturated rings. The predicted octanol–water partition coefficient (Wildman–Crippen LogP) is 2.39. The zero-order chi connectivity index (χ0) is 11.3. The molecule has 0 nitrogen and oxygen atoms in total. The molecule has 2 aliphatic carbocycles. The van der Waals surface area contributed by atoms with Crippen molar-refractivity contribution in [3.8, 4) is 0 Å². The molecule has 2 saturated carbocycles. The van der Waals surface area contributed by atoms with E-state index in [9.17, 15) is 0 Å². The summed E-state index contributed by atoms with van der Waals surface area (Å²) < 4.78 is 0. The first kappa shape index (κ1) is 11.6. The molecule has 2 heteroatoms. The van der Waals surface area contributed by atoms with Gasteiger partial charge >= 0.3 is 0 Å². The van der Waals surface area contributed by atoms with Crippen LogP contribution in [-0.4, -0.2) is 15.7 Å². The van der Waals surface area contributed by atoms with Gasteiger partial charge in [-0.3, -0.25) is 0 Å². The van der Waals surface area contributed by atoms with Crippen molar-refractivity contribution >= 4 is 15.7 Å². The Morgan fingerprint density at radius 2 is 1.67 bits per heavy atom. The lowest BCUT2D eigenvalue weighted by molar-refractivity contribution is 0.199. The Morgan fingerprint density at radius 3 is 2.00 bits per heavy atom. The van der Waals surface area contributed by atoms with Crippen molar-refractivity contribution in [1.29, 1.82) is 0 Å². The first-order valence-corrected chi connectivity index (χ1v) is 6.74. The van der Waals surface area contributed by atoms with E-state index in [1.165, 1.54) is 32.1 Å². The fraction of sp³-hybridized carbons (Fsp3) is 1.00. The lowest BCUT2D eigenvalue weighted by atomic mass is 9.39. The summed E-state index contributed by atoms with van der Waals surface area (Å²) in [7, 11) is 4.96. The fourth-order valence-corrected chi connectivity index (χ4v) is 3.76. The molecule has 2 rings (SSSR count). The van der Waals surface area contributed by atoms with Crippen LogP contribution in [0.25, 0.3) is 0 Å². The third-order valence-electron chi connectivity index (χ3n) is 5.73. The van der Waals surface area contributed by atoms with Crippen LogP contribution in [0.5, 0.6) is 0 Å². The van der Waals surface area contributed by atoms with Gasteiger partial charge in [0.25, 0.3) is 0 Å². The smallest absolute Gasteiger partial charge is 0.0793 e. The van der Waals surface area contributed by atoms with E-state index in [2.05, 4.69) is 36.5 Å². The minimum absolute atomic E-state index is 0.447. The molecule has 15 heavy (non-hydrogen) atoms. The molecule has 0 aromatic heterocycles. The molecule has 2 bridgehead atoms. The van der Waals surface area contributed by atoms with Crippen molar-refractivity contribution in [2.45, 2.75) is 64.5 Å². The molecular weight excluding hydrogens is 178 g/mol. The Labute approximate surface area is 97.4 Å². The van der Waals surface area contributed by atoms with Gasteiger partial charge in [-0.1, -0.05) is 32.4 Å². The molecule has 0 saturated heterocycles. The van der Waals surface area contributed by atoms with Crippen molar-refractivity contribution in [1.82, 2.24) is 0 Å². The van der Waals surface area contributed by atoms with E-state index in [0.717, 1.165) is 11.3 Å². The molecule has 84 valence electrons. The molecular formula is C13H26B2. The Bertz CT molecular complexity index is 242. The molecule has 0 heterocycles. The lowest BCUT2D eigenvalue weighted by Crippen LogP contribution is -2.35. The van der Waals surface area contributed by atoms with Gasteiger partial charge in [-0.05, 0) is 48.9 Å². The van der Waals surface area contributed by atoms with Crippen molar-refractivity contribution in [3.63, 3.8) is 0 Å². The van der Waals surface area contributed by atoms with Crippen LogP contribution in [0.15, 0.2) is 0 Å². The van der Waals surface area contributed by atoms with Gasteiger partial charge in [0.15, 0.2) is 0 Å². The number of hydrogen-bond acceptors (Lipinski definition) is 0. The number of fused-ring (bicyclic) bond motifs is 2. The summed E-state index contributed by atoms with van der Waals surface area (Å²) in [6.07, 6.45) is 9.11. The monoisotopic (exact) mass is 204 g/mol. The summed E-state index contributed by atoms with van der Waals surface area (Å²) in [6, 6.07) is 0.